The zero-order valence-electron chi connectivity index (χ0n) is 11.2. The van der Waals surface area contributed by atoms with E-state index in [0.717, 1.165) is 32.1 Å². The molecule has 1 aliphatic heterocycles. The summed E-state index contributed by atoms with van der Waals surface area (Å²) in [5, 5.41) is 9.79. The highest BCUT2D eigenvalue weighted by atomic mass is 32.2. The van der Waals surface area contributed by atoms with Crippen LogP contribution in [0.3, 0.4) is 0 Å². The molecule has 18 heavy (non-hydrogen) atoms. The molecule has 0 aromatic rings. The van der Waals surface area contributed by atoms with Gasteiger partial charge in [-0.15, -0.1) is 0 Å². The molecule has 1 heterocycles. The molecule has 106 valence electrons. The van der Waals surface area contributed by atoms with E-state index in [-0.39, 0.29) is 6.10 Å². The minimum Gasteiger partial charge on any atom is -0.393 e. The molecule has 2 aliphatic rings. The zero-order chi connectivity index (χ0) is 13.2. The summed E-state index contributed by atoms with van der Waals surface area (Å²) in [5.41, 5.74) is 0. The Morgan fingerprint density at radius 2 is 2.06 bits per heavy atom. The summed E-state index contributed by atoms with van der Waals surface area (Å²) in [4.78, 5) is 0. The van der Waals surface area contributed by atoms with Crippen LogP contribution in [0.25, 0.3) is 0 Å². The van der Waals surface area contributed by atoms with Crippen molar-refractivity contribution < 1.29 is 13.5 Å². The number of piperidine rings is 1. The molecule has 0 radical (unpaired) electrons. The molecule has 1 N–H and O–H groups in total. The summed E-state index contributed by atoms with van der Waals surface area (Å²) in [6, 6.07) is 0. The Hall–Kier alpha value is -0.130. The lowest BCUT2D eigenvalue weighted by Gasteiger charge is -2.31. The van der Waals surface area contributed by atoms with Gasteiger partial charge < -0.3 is 5.11 Å². The summed E-state index contributed by atoms with van der Waals surface area (Å²) in [6.45, 7) is 1.36. The van der Waals surface area contributed by atoms with E-state index in [1.54, 1.807) is 4.31 Å². The van der Waals surface area contributed by atoms with Crippen molar-refractivity contribution in [2.24, 2.45) is 11.8 Å². The summed E-state index contributed by atoms with van der Waals surface area (Å²) < 4.78 is 24.6. The van der Waals surface area contributed by atoms with E-state index in [2.05, 4.69) is 0 Å². The summed E-state index contributed by atoms with van der Waals surface area (Å²) in [6.07, 6.45) is 8.63. The van der Waals surface area contributed by atoms with E-state index in [4.69, 9.17) is 0 Å². The maximum Gasteiger partial charge on any atom is 0.211 e. The average Bonchev–Trinajstić information content (AvgIpc) is 3.12. The molecular weight excluding hydrogens is 250 g/mol. The summed E-state index contributed by atoms with van der Waals surface area (Å²) in [7, 11) is -3.02. The van der Waals surface area contributed by atoms with Crippen molar-refractivity contribution in [1.82, 2.24) is 4.31 Å². The van der Waals surface area contributed by atoms with Gasteiger partial charge in [-0.3, -0.25) is 0 Å². The van der Waals surface area contributed by atoms with Crippen LogP contribution in [0.5, 0.6) is 0 Å². The van der Waals surface area contributed by atoms with Gasteiger partial charge in [0.05, 0.1) is 12.4 Å². The number of aliphatic hydroxyl groups is 1. The fourth-order valence-electron chi connectivity index (χ4n) is 2.90. The van der Waals surface area contributed by atoms with Crippen molar-refractivity contribution in [2.75, 3.05) is 19.3 Å². The number of hydrogen-bond acceptors (Lipinski definition) is 3. The van der Waals surface area contributed by atoms with Crippen molar-refractivity contribution in [1.29, 1.82) is 0 Å². The van der Waals surface area contributed by atoms with E-state index in [1.165, 1.54) is 19.1 Å². The smallest absolute Gasteiger partial charge is 0.211 e. The minimum absolute atomic E-state index is 0.111. The summed E-state index contributed by atoms with van der Waals surface area (Å²) >= 11 is 0. The van der Waals surface area contributed by atoms with Gasteiger partial charge in [0.25, 0.3) is 0 Å². The van der Waals surface area contributed by atoms with E-state index in [9.17, 15) is 13.5 Å². The van der Waals surface area contributed by atoms with E-state index in [1.807, 2.05) is 0 Å². The van der Waals surface area contributed by atoms with Gasteiger partial charge in [0.15, 0.2) is 0 Å². The zero-order valence-corrected chi connectivity index (χ0v) is 12.0. The first-order chi connectivity index (χ1) is 8.47. The number of hydrogen-bond donors (Lipinski definition) is 1. The van der Waals surface area contributed by atoms with E-state index >= 15 is 0 Å². The predicted octanol–water partition coefficient (Wildman–Crippen LogP) is 1.60. The average molecular weight is 275 g/mol. The van der Waals surface area contributed by atoms with Gasteiger partial charge in [-0.2, -0.15) is 0 Å². The molecule has 0 amide bonds. The third-order valence-corrected chi connectivity index (χ3v) is 5.50. The van der Waals surface area contributed by atoms with Crippen molar-refractivity contribution in [3.8, 4) is 0 Å². The molecular formula is C13H25NO3S. The Morgan fingerprint density at radius 1 is 1.33 bits per heavy atom. The van der Waals surface area contributed by atoms with Crippen LogP contribution in [-0.2, 0) is 10.0 Å². The van der Waals surface area contributed by atoms with Crippen molar-refractivity contribution in [3.05, 3.63) is 0 Å². The Morgan fingerprint density at radius 3 is 2.67 bits per heavy atom. The molecule has 0 bridgehead atoms. The fraction of sp³-hybridized carbons (Fsp3) is 1.00. The lowest BCUT2D eigenvalue weighted by atomic mass is 9.93. The van der Waals surface area contributed by atoms with Crippen LogP contribution in [0.4, 0.5) is 0 Å². The lowest BCUT2D eigenvalue weighted by molar-refractivity contribution is 0.133. The van der Waals surface area contributed by atoms with Gasteiger partial charge in [0.2, 0.25) is 10.0 Å². The van der Waals surface area contributed by atoms with Gasteiger partial charge >= 0.3 is 0 Å². The van der Waals surface area contributed by atoms with Gasteiger partial charge in [-0.05, 0) is 50.4 Å². The quantitative estimate of drug-likeness (QED) is 0.801. The topological polar surface area (TPSA) is 57.6 Å². The first-order valence-corrected chi connectivity index (χ1v) is 8.95. The first-order valence-electron chi connectivity index (χ1n) is 7.10. The molecule has 2 fully saturated rings. The van der Waals surface area contributed by atoms with Crippen LogP contribution < -0.4 is 0 Å². The molecule has 1 aliphatic carbocycles. The van der Waals surface area contributed by atoms with Crippen LogP contribution in [0, 0.1) is 11.8 Å². The monoisotopic (exact) mass is 275 g/mol. The minimum atomic E-state index is -3.02. The standard InChI is InChI=1S/C13H25NO3S/c1-18(16,17)14-9-3-5-11(10-14)4-2-6-13(15)12-7-8-12/h11-13,15H,2-10H2,1H3. The molecule has 1 saturated heterocycles. The Balaban J connectivity index is 1.69. The van der Waals surface area contributed by atoms with Gasteiger partial charge in [-0.25, -0.2) is 12.7 Å². The lowest BCUT2D eigenvalue weighted by Crippen LogP contribution is -2.39. The van der Waals surface area contributed by atoms with Crippen molar-refractivity contribution in [2.45, 2.75) is 51.0 Å². The first kappa shape index (κ1) is 14.3. The Kier molecular flexibility index (Phi) is 4.67. The molecule has 2 rings (SSSR count). The van der Waals surface area contributed by atoms with Crippen LogP contribution in [0.1, 0.15) is 44.9 Å². The number of nitrogens with zero attached hydrogens (tertiary/aromatic N) is 1. The second-order valence-corrected chi connectivity index (χ2v) is 7.95. The maximum absolute atomic E-state index is 11.5. The van der Waals surface area contributed by atoms with Gasteiger partial charge in [0.1, 0.15) is 0 Å². The predicted molar refractivity (Wildman–Crippen MR) is 71.7 cm³/mol. The molecule has 1 saturated carbocycles. The summed E-state index contributed by atoms with van der Waals surface area (Å²) in [5.74, 6) is 1.05. The molecule has 0 aromatic carbocycles. The fourth-order valence-corrected chi connectivity index (χ4v) is 3.84. The number of sulfonamides is 1. The Labute approximate surface area is 110 Å². The molecule has 4 nitrogen and oxygen atoms in total. The molecule has 2 unspecified atom stereocenters. The van der Waals surface area contributed by atoms with Crippen LogP contribution in [0.2, 0.25) is 0 Å². The number of aliphatic hydroxyl groups excluding tert-OH is 1. The molecule has 0 aromatic heterocycles. The molecule has 0 spiro atoms. The third-order valence-electron chi connectivity index (χ3n) is 4.23. The van der Waals surface area contributed by atoms with Crippen molar-refractivity contribution in [3.63, 3.8) is 0 Å². The highest BCUT2D eigenvalue weighted by Gasteiger charge is 2.30. The Bertz CT molecular complexity index is 364. The highest BCUT2D eigenvalue weighted by molar-refractivity contribution is 7.88. The maximum atomic E-state index is 11.5. The van der Waals surface area contributed by atoms with Crippen LogP contribution in [0.15, 0.2) is 0 Å². The normalized spacial score (nSPS) is 28.2. The van der Waals surface area contributed by atoms with E-state index < -0.39 is 10.0 Å². The van der Waals surface area contributed by atoms with E-state index in [0.29, 0.717) is 24.9 Å². The molecule has 5 heteroatoms. The highest BCUT2D eigenvalue weighted by Crippen LogP contribution is 2.35. The van der Waals surface area contributed by atoms with Gasteiger partial charge in [0, 0.05) is 13.1 Å². The second-order valence-electron chi connectivity index (χ2n) is 5.96. The largest absolute Gasteiger partial charge is 0.393 e. The second kappa shape index (κ2) is 5.88. The molecule has 2 atom stereocenters. The van der Waals surface area contributed by atoms with Gasteiger partial charge in [-0.1, -0.05) is 6.42 Å². The van der Waals surface area contributed by atoms with Crippen LogP contribution >= 0.6 is 0 Å². The van der Waals surface area contributed by atoms with Crippen LogP contribution in [-0.4, -0.2) is 43.3 Å². The SMILES string of the molecule is CS(=O)(=O)N1CCCC(CCCC(O)C2CC2)C1. The number of rotatable bonds is 6. The third kappa shape index (κ3) is 4.21. The van der Waals surface area contributed by atoms with Crippen molar-refractivity contribution >= 4 is 10.0 Å².